The number of hydrogen-bond acceptors (Lipinski definition) is 4. The lowest BCUT2D eigenvalue weighted by Crippen LogP contribution is -2.05. The first-order chi connectivity index (χ1) is 12.3. The minimum absolute atomic E-state index is 0.249. The highest BCUT2D eigenvalue weighted by molar-refractivity contribution is 5.51. The largest absolute Gasteiger partial charge is 0.508 e. The van der Waals surface area contributed by atoms with E-state index in [1.807, 2.05) is 60.7 Å². The Morgan fingerprint density at radius 2 is 1.64 bits per heavy atom. The van der Waals surface area contributed by atoms with Crippen LogP contribution >= 0.6 is 0 Å². The van der Waals surface area contributed by atoms with Crippen LogP contribution < -0.4 is 14.8 Å². The van der Waals surface area contributed by atoms with Gasteiger partial charge in [-0.1, -0.05) is 42.5 Å². The Kier molecular flexibility index (Phi) is 5.42. The van der Waals surface area contributed by atoms with Gasteiger partial charge in [-0.15, -0.1) is 0 Å². The molecule has 25 heavy (non-hydrogen) atoms. The fourth-order valence-corrected chi connectivity index (χ4v) is 2.53. The molecule has 0 amide bonds. The van der Waals surface area contributed by atoms with E-state index in [0.717, 1.165) is 22.6 Å². The molecule has 4 nitrogen and oxygen atoms in total. The maximum Gasteiger partial charge on any atom is 0.166 e. The summed E-state index contributed by atoms with van der Waals surface area (Å²) in [5.74, 6) is 1.69. The van der Waals surface area contributed by atoms with Crippen LogP contribution in [0.4, 0.5) is 5.69 Å². The third-order valence-corrected chi connectivity index (χ3v) is 3.86. The maximum atomic E-state index is 9.37. The first kappa shape index (κ1) is 16.7. The van der Waals surface area contributed by atoms with Gasteiger partial charge in [-0.2, -0.15) is 0 Å². The van der Waals surface area contributed by atoms with Crippen molar-refractivity contribution in [2.75, 3.05) is 12.4 Å². The summed E-state index contributed by atoms with van der Waals surface area (Å²) >= 11 is 0. The third kappa shape index (κ3) is 4.44. The van der Waals surface area contributed by atoms with E-state index < -0.39 is 0 Å². The number of phenolic OH excluding ortho intramolecular Hbond substituents is 1. The van der Waals surface area contributed by atoms with Gasteiger partial charge in [0.05, 0.1) is 7.11 Å². The van der Waals surface area contributed by atoms with Crippen molar-refractivity contribution in [3.63, 3.8) is 0 Å². The lowest BCUT2D eigenvalue weighted by molar-refractivity contribution is 0.281. The van der Waals surface area contributed by atoms with Crippen molar-refractivity contribution in [3.05, 3.63) is 83.9 Å². The normalized spacial score (nSPS) is 10.3. The number of benzene rings is 3. The molecule has 3 aromatic rings. The SMILES string of the molecule is COc1cccc(CNc2ccc(O)cc2)c1OCc1ccccc1. The summed E-state index contributed by atoms with van der Waals surface area (Å²) in [5, 5.41) is 12.7. The van der Waals surface area contributed by atoms with Gasteiger partial charge in [-0.3, -0.25) is 0 Å². The van der Waals surface area contributed by atoms with E-state index in [-0.39, 0.29) is 5.75 Å². The quantitative estimate of drug-likeness (QED) is 0.620. The summed E-state index contributed by atoms with van der Waals surface area (Å²) in [5.41, 5.74) is 3.03. The van der Waals surface area contributed by atoms with Gasteiger partial charge >= 0.3 is 0 Å². The minimum Gasteiger partial charge on any atom is -0.508 e. The molecule has 0 saturated carbocycles. The molecule has 3 rings (SSSR count). The predicted octanol–water partition coefficient (Wildman–Crippen LogP) is 4.59. The maximum absolute atomic E-state index is 9.37. The molecule has 0 spiro atoms. The summed E-state index contributed by atoms with van der Waals surface area (Å²) in [6.07, 6.45) is 0. The number of nitrogens with one attached hydrogen (secondary N) is 1. The summed E-state index contributed by atoms with van der Waals surface area (Å²) in [6.45, 7) is 1.07. The van der Waals surface area contributed by atoms with Gasteiger partial charge in [-0.25, -0.2) is 0 Å². The first-order valence-electron chi connectivity index (χ1n) is 8.12. The van der Waals surface area contributed by atoms with Crippen LogP contribution in [0.2, 0.25) is 0 Å². The van der Waals surface area contributed by atoms with Crippen LogP contribution in [-0.4, -0.2) is 12.2 Å². The van der Waals surface area contributed by atoms with Gasteiger partial charge in [0.1, 0.15) is 12.4 Å². The zero-order valence-electron chi connectivity index (χ0n) is 14.1. The second-order valence-electron chi connectivity index (χ2n) is 5.62. The van der Waals surface area contributed by atoms with Crippen LogP contribution in [0.25, 0.3) is 0 Å². The second kappa shape index (κ2) is 8.11. The van der Waals surface area contributed by atoms with Crippen LogP contribution in [-0.2, 0) is 13.2 Å². The number of para-hydroxylation sites is 1. The van der Waals surface area contributed by atoms with E-state index in [0.29, 0.717) is 18.9 Å². The zero-order chi connectivity index (χ0) is 17.5. The number of hydrogen-bond donors (Lipinski definition) is 2. The Bertz CT molecular complexity index is 801. The Balaban J connectivity index is 1.75. The van der Waals surface area contributed by atoms with E-state index in [4.69, 9.17) is 9.47 Å². The van der Waals surface area contributed by atoms with Crippen molar-refractivity contribution >= 4 is 5.69 Å². The van der Waals surface area contributed by atoms with Gasteiger partial charge in [0, 0.05) is 17.8 Å². The van der Waals surface area contributed by atoms with Crippen molar-refractivity contribution < 1.29 is 14.6 Å². The minimum atomic E-state index is 0.249. The Hall–Kier alpha value is -3.14. The molecule has 0 aliphatic rings. The van der Waals surface area contributed by atoms with Crippen molar-refractivity contribution in [3.8, 4) is 17.2 Å². The van der Waals surface area contributed by atoms with Crippen LogP contribution in [0.3, 0.4) is 0 Å². The monoisotopic (exact) mass is 335 g/mol. The number of anilines is 1. The molecule has 0 atom stereocenters. The summed E-state index contributed by atoms with van der Waals surface area (Å²) < 4.78 is 11.5. The van der Waals surface area contributed by atoms with Gasteiger partial charge in [0.15, 0.2) is 11.5 Å². The molecule has 0 aliphatic heterocycles. The topological polar surface area (TPSA) is 50.7 Å². The smallest absolute Gasteiger partial charge is 0.166 e. The van der Waals surface area contributed by atoms with Crippen molar-refractivity contribution in [2.45, 2.75) is 13.2 Å². The molecule has 3 aromatic carbocycles. The van der Waals surface area contributed by atoms with E-state index >= 15 is 0 Å². The number of methoxy groups -OCH3 is 1. The van der Waals surface area contributed by atoms with E-state index in [1.54, 1.807) is 19.2 Å². The molecule has 0 aliphatic carbocycles. The highest BCUT2D eigenvalue weighted by Crippen LogP contribution is 2.32. The molecule has 0 saturated heterocycles. The average Bonchev–Trinajstić information content (AvgIpc) is 2.67. The first-order valence-corrected chi connectivity index (χ1v) is 8.12. The fourth-order valence-electron chi connectivity index (χ4n) is 2.53. The van der Waals surface area contributed by atoms with E-state index in [2.05, 4.69) is 5.32 Å². The summed E-state index contributed by atoms with van der Waals surface area (Å²) in [6, 6.07) is 22.9. The molecule has 0 unspecified atom stereocenters. The van der Waals surface area contributed by atoms with Crippen molar-refractivity contribution in [1.29, 1.82) is 0 Å². The molecule has 0 aromatic heterocycles. The molecule has 0 heterocycles. The third-order valence-electron chi connectivity index (χ3n) is 3.86. The average molecular weight is 335 g/mol. The molecule has 0 fully saturated rings. The van der Waals surface area contributed by atoms with Gasteiger partial charge in [0.2, 0.25) is 0 Å². The highest BCUT2D eigenvalue weighted by atomic mass is 16.5. The number of phenols is 1. The molecular formula is C21H21NO3. The summed E-state index contributed by atoms with van der Waals surface area (Å²) in [7, 11) is 1.64. The predicted molar refractivity (Wildman–Crippen MR) is 99.2 cm³/mol. The van der Waals surface area contributed by atoms with Crippen LogP contribution in [0.1, 0.15) is 11.1 Å². The number of rotatable bonds is 7. The summed E-state index contributed by atoms with van der Waals surface area (Å²) in [4.78, 5) is 0. The molecule has 0 bridgehead atoms. The standard InChI is InChI=1S/C21H21NO3/c1-24-20-9-5-8-17(14-22-18-10-12-19(23)13-11-18)21(20)25-15-16-6-3-2-4-7-16/h2-13,22-23H,14-15H2,1H3. The Morgan fingerprint density at radius 3 is 2.36 bits per heavy atom. The molecule has 128 valence electrons. The van der Waals surface area contributed by atoms with Gasteiger partial charge < -0.3 is 19.9 Å². The van der Waals surface area contributed by atoms with E-state index in [1.165, 1.54) is 0 Å². The van der Waals surface area contributed by atoms with Crippen LogP contribution in [0.5, 0.6) is 17.2 Å². The fraction of sp³-hybridized carbons (Fsp3) is 0.143. The highest BCUT2D eigenvalue weighted by Gasteiger charge is 2.11. The Morgan fingerprint density at radius 1 is 0.880 bits per heavy atom. The molecule has 4 heteroatoms. The molecule has 0 radical (unpaired) electrons. The van der Waals surface area contributed by atoms with Crippen LogP contribution in [0, 0.1) is 0 Å². The zero-order valence-corrected chi connectivity index (χ0v) is 14.1. The number of aromatic hydroxyl groups is 1. The van der Waals surface area contributed by atoms with E-state index in [9.17, 15) is 5.11 Å². The lowest BCUT2D eigenvalue weighted by atomic mass is 10.1. The van der Waals surface area contributed by atoms with Gasteiger partial charge in [-0.05, 0) is 35.9 Å². The number of ether oxygens (including phenoxy) is 2. The second-order valence-corrected chi connectivity index (χ2v) is 5.62. The molecular weight excluding hydrogens is 314 g/mol. The van der Waals surface area contributed by atoms with Gasteiger partial charge in [0.25, 0.3) is 0 Å². The van der Waals surface area contributed by atoms with Crippen LogP contribution in [0.15, 0.2) is 72.8 Å². The molecule has 2 N–H and O–H groups in total. The van der Waals surface area contributed by atoms with Crippen molar-refractivity contribution in [2.24, 2.45) is 0 Å². The Labute approximate surface area is 147 Å². The van der Waals surface area contributed by atoms with Crippen molar-refractivity contribution in [1.82, 2.24) is 0 Å². The lowest BCUT2D eigenvalue weighted by Gasteiger charge is -2.16.